The number of hydrogen-bond acceptors (Lipinski definition) is 2. The second kappa shape index (κ2) is 6.57. The summed E-state index contributed by atoms with van der Waals surface area (Å²) in [4.78, 5) is 14.4. The van der Waals surface area contributed by atoms with Crippen LogP contribution in [-0.4, -0.2) is 23.2 Å². The van der Waals surface area contributed by atoms with E-state index in [-0.39, 0.29) is 5.91 Å². The second-order valence-electron chi connectivity index (χ2n) is 6.71. The van der Waals surface area contributed by atoms with Crippen LogP contribution in [0.2, 0.25) is 0 Å². The van der Waals surface area contributed by atoms with E-state index in [1.165, 1.54) is 29.7 Å². The van der Waals surface area contributed by atoms with Gasteiger partial charge in [-0.2, -0.15) is 5.10 Å². The maximum Gasteiger partial charge on any atom is 0.232 e. The van der Waals surface area contributed by atoms with Gasteiger partial charge in [0.25, 0.3) is 0 Å². The van der Waals surface area contributed by atoms with Crippen LogP contribution in [0.1, 0.15) is 55.1 Å². The molecule has 122 valence electrons. The van der Waals surface area contributed by atoms with Crippen LogP contribution in [0, 0.1) is 0 Å². The number of aromatic amines is 1. The minimum absolute atomic E-state index is 0.0887. The number of aromatic nitrogens is 2. The van der Waals surface area contributed by atoms with Crippen LogP contribution in [0.5, 0.6) is 0 Å². The van der Waals surface area contributed by atoms with Gasteiger partial charge in [-0.05, 0) is 54.9 Å². The van der Waals surface area contributed by atoms with Crippen molar-refractivity contribution in [2.45, 2.75) is 51.9 Å². The Balaban J connectivity index is 1.75. The summed E-state index contributed by atoms with van der Waals surface area (Å²) < 4.78 is 0. The molecule has 1 aromatic carbocycles. The summed E-state index contributed by atoms with van der Waals surface area (Å²) in [6.45, 7) is 4.33. The van der Waals surface area contributed by atoms with Gasteiger partial charge in [-0.25, -0.2) is 0 Å². The predicted molar refractivity (Wildman–Crippen MR) is 92.9 cm³/mol. The highest BCUT2D eigenvalue weighted by Crippen LogP contribution is 2.24. The number of aryl methyl sites for hydroxylation is 1. The first-order valence-corrected chi connectivity index (χ1v) is 8.47. The van der Waals surface area contributed by atoms with E-state index in [9.17, 15) is 4.79 Å². The van der Waals surface area contributed by atoms with Gasteiger partial charge in [0.15, 0.2) is 0 Å². The van der Waals surface area contributed by atoms with Crippen molar-refractivity contribution in [2.75, 3.05) is 11.9 Å². The van der Waals surface area contributed by atoms with E-state index < -0.39 is 0 Å². The van der Waals surface area contributed by atoms with Gasteiger partial charge < -0.3 is 4.90 Å². The number of likely N-dealkylation sites (N-methyl/N-ethyl adjacent to an activating group) is 1. The lowest BCUT2D eigenvalue weighted by Crippen LogP contribution is -2.28. The highest BCUT2D eigenvalue weighted by atomic mass is 16.2. The molecule has 1 aliphatic carbocycles. The Kier molecular flexibility index (Phi) is 4.51. The minimum atomic E-state index is 0.0887. The van der Waals surface area contributed by atoms with Gasteiger partial charge in [-0.3, -0.25) is 9.89 Å². The van der Waals surface area contributed by atoms with E-state index in [0.717, 1.165) is 24.2 Å². The molecule has 0 fully saturated rings. The average molecular weight is 311 g/mol. The fraction of sp³-hybridized carbons (Fsp3) is 0.474. The summed E-state index contributed by atoms with van der Waals surface area (Å²) in [7, 11) is 1.85. The standard InChI is InChI=1S/C19H25N3O/c1-13(2)14-7-6-8-15(11-14)22(3)19(23)12-18-16-9-4-5-10-17(16)20-21-18/h6-8,11,13H,4-5,9-10,12H2,1-3H3,(H,20,21). The van der Waals surface area contributed by atoms with E-state index in [1.807, 2.05) is 19.2 Å². The molecule has 0 spiro atoms. The molecule has 4 nitrogen and oxygen atoms in total. The SMILES string of the molecule is CC(C)c1cccc(N(C)C(=O)Cc2n[nH]c3c2CCCC3)c1. The highest BCUT2D eigenvalue weighted by molar-refractivity contribution is 5.94. The first-order valence-electron chi connectivity index (χ1n) is 8.47. The fourth-order valence-corrected chi connectivity index (χ4v) is 3.19. The maximum absolute atomic E-state index is 12.6. The van der Waals surface area contributed by atoms with Crippen molar-refractivity contribution in [1.82, 2.24) is 10.2 Å². The molecule has 0 aliphatic heterocycles. The normalized spacial score (nSPS) is 13.9. The molecule has 1 amide bonds. The second-order valence-corrected chi connectivity index (χ2v) is 6.71. The van der Waals surface area contributed by atoms with Crippen molar-refractivity contribution in [3.8, 4) is 0 Å². The molecule has 0 unspecified atom stereocenters. The Hall–Kier alpha value is -2.10. The summed E-state index contributed by atoms with van der Waals surface area (Å²) in [5.74, 6) is 0.544. The molecule has 4 heteroatoms. The average Bonchev–Trinajstić information content (AvgIpc) is 2.97. The minimum Gasteiger partial charge on any atom is -0.315 e. The van der Waals surface area contributed by atoms with Crippen LogP contribution in [0.15, 0.2) is 24.3 Å². The topological polar surface area (TPSA) is 49.0 Å². The Labute approximate surface area is 137 Å². The van der Waals surface area contributed by atoms with E-state index in [2.05, 4.69) is 36.2 Å². The third-order valence-electron chi connectivity index (χ3n) is 4.76. The number of H-pyrrole nitrogens is 1. The van der Waals surface area contributed by atoms with Crippen molar-refractivity contribution in [1.29, 1.82) is 0 Å². The first-order chi connectivity index (χ1) is 11.1. The number of carbonyl (C=O) groups excluding carboxylic acids is 1. The van der Waals surface area contributed by atoms with Crippen LogP contribution < -0.4 is 4.90 Å². The third kappa shape index (κ3) is 3.31. The molecule has 0 saturated heterocycles. The van der Waals surface area contributed by atoms with Gasteiger partial charge in [-0.15, -0.1) is 0 Å². The summed E-state index contributed by atoms with van der Waals surface area (Å²) in [5.41, 5.74) is 5.62. The van der Waals surface area contributed by atoms with Crippen molar-refractivity contribution < 1.29 is 4.79 Å². The first kappa shape index (κ1) is 15.8. The molecule has 0 bridgehead atoms. The molecule has 0 atom stereocenters. The Morgan fingerprint density at radius 2 is 2.09 bits per heavy atom. The number of nitrogens with zero attached hydrogens (tertiary/aromatic N) is 2. The van der Waals surface area contributed by atoms with Crippen molar-refractivity contribution in [3.05, 3.63) is 46.8 Å². The summed E-state index contributed by atoms with van der Waals surface area (Å²) in [6, 6.07) is 8.22. The molecular weight excluding hydrogens is 286 g/mol. The van der Waals surface area contributed by atoms with Crippen LogP contribution in [-0.2, 0) is 24.1 Å². The number of amides is 1. The predicted octanol–water partition coefficient (Wildman–Crippen LogP) is 3.62. The number of hydrogen-bond donors (Lipinski definition) is 1. The monoisotopic (exact) mass is 311 g/mol. The lowest BCUT2D eigenvalue weighted by Gasteiger charge is -2.19. The van der Waals surface area contributed by atoms with E-state index in [4.69, 9.17) is 0 Å². The van der Waals surface area contributed by atoms with Gasteiger partial charge in [0.1, 0.15) is 0 Å². The fourth-order valence-electron chi connectivity index (χ4n) is 3.19. The number of benzene rings is 1. The van der Waals surface area contributed by atoms with E-state index >= 15 is 0 Å². The molecule has 1 aliphatic rings. The smallest absolute Gasteiger partial charge is 0.232 e. The maximum atomic E-state index is 12.6. The molecule has 1 N–H and O–H groups in total. The summed E-state index contributed by atoms with van der Waals surface area (Å²) in [5, 5.41) is 7.50. The molecule has 23 heavy (non-hydrogen) atoms. The molecule has 1 heterocycles. The Morgan fingerprint density at radius 1 is 1.30 bits per heavy atom. The number of rotatable bonds is 4. The van der Waals surface area contributed by atoms with Crippen molar-refractivity contribution >= 4 is 11.6 Å². The lowest BCUT2D eigenvalue weighted by molar-refractivity contribution is -0.117. The molecular formula is C19H25N3O. The number of nitrogens with one attached hydrogen (secondary N) is 1. The number of carbonyl (C=O) groups is 1. The van der Waals surface area contributed by atoms with E-state index in [1.54, 1.807) is 4.90 Å². The van der Waals surface area contributed by atoms with Gasteiger partial charge >= 0.3 is 0 Å². The third-order valence-corrected chi connectivity index (χ3v) is 4.76. The van der Waals surface area contributed by atoms with Gasteiger partial charge in [0, 0.05) is 18.4 Å². The highest BCUT2D eigenvalue weighted by Gasteiger charge is 2.20. The Bertz CT molecular complexity index is 702. The molecule has 3 rings (SSSR count). The van der Waals surface area contributed by atoms with Crippen LogP contribution in [0.4, 0.5) is 5.69 Å². The summed E-state index contributed by atoms with van der Waals surface area (Å²) in [6.07, 6.45) is 4.88. The molecule has 1 aromatic heterocycles. The van der Waals surface area contributed by atoms with Crippen LogP contribution >= 0.6 is 0 Å². The largest absolute Gasteiger partial charge is 0.315 e. The van der Waals surface area contributed by atoms with Gasteiger partial charge in [-0.1, -0.05) is 26.0 Å². The van der Waals surface area contributed by atoms with Gasteiger partial charge in [0.05, 0.1) is 12.1 Å². The van der Waals surface area contributed by atoms with Crippen LogP contribution in [0.25, 0.3) is 0 Å². The van der Waals surface area contributed by atoms with Crippen molar-refractivity contribution in [2.24, 2.45) is 0 Å². The quantitative estimate of drug-likeness (QED) is 0.937. The zero-order chi connectivity index (χ0) is 16.4. The molecule has 0 radical (unpaired) electrons. The number of fused-ring (bicyclic) bond motifs is 1. The lowest BCUT2D eigenvalue weighted by atomic mass is 9.95. The van der Waals surface area contributed by atoms with Crippen molar-refractivity contribution in [3.63, 3.8) is 0 Å². The number of anilines is 1. The molecule has 2 aromatic rings. The zero-order valence-corrected chi connectivity index (χ0v) is 14.2. The van der Waals surface area contributed by atoms with Gasteiger partial charge in [0.2, 0.25) is 5.91 Å². The van der Waals surface area contributed by atoms with E-state index in [0.29, 0.717) is 12.3 Å². The Morgan fingerprint density at radius 3 is 2.87 bits per heavy atom. The van der Waals surface area contributed by atoms with Crippen LogP contribution in [0.3, 0.4) is 0 Å². The molecule has 0 saturated carbocycles. The zero-order valence-electron chi connectivity index (χ0n) is 14.2. The summed E-state index contributed by atoms with van der Waals surface area (Å²) >= 11 is 0.